The van der Waals surface area contributed by atoms with Gasteiger partial charge in [0.1, 0.15) is 18.1 Å². The van der Waals surface area contributed by atoms with Crippen LogP contribution >= 0.6 is 0 Å². The summed E-state index contributed by atoms with van der Waals surface area (Å²) in [5.41, 5.74) is 16.5. The van der Waals surface area contributed by atoms with Crippen LogP contribution in [0.25, 0.3) is 0 Å². The largest absolute Gasteiger partial charge is 0.481 e. The number of carbonyl (C=O) groups is 5. The van der Waals surface area contributed by atoms with Crippen LogP contribution in [0.3, 0.4) is 0 Å². The van der Waals surface area contributed by atoms with Crippen molar-refractivity contribution in [2.45, 2.75) is 83.1 Å². The molecule has 36 heavy (non-hydrogen) atoms. The molecule has 0 radical (unpaired) electrons. The minimum absolute atomic E-state index is 0.0628. The smallest absolute Gasteiger partial charge is 0.326 e. The summed E-state index contributed by atoms with van der Waals surface area (Å²) >= 11 is 0. The van der Waals surface area contributed by atoms with E-state index in [1.807, 2.05) is 13.8 Å². The summed E-state index contributed by atoms with van der Waals surface area (Å²) in [4.78, 5) is 64.1. The van der Waals surface area contributed by atoms with E-state index in [1.165, 1.54) is 6.92 Å². The summed E-state index contributed by atoms with van der Waals surface area (Å²) in [6, 6.07) is -5.21. The first-order valence-corrected chi connectivity index (χ1v) is 11.5. The molecule has 0 fully saturated rings. The first kappa shape index (κ1) is 32.5. The highest BCUT2D eigenvalue weighted by atomic mass is 16.4. The van der Waals surface area contributed by atoms with Crippen LogP contribution in [0.1, 0.15) is 52.9 Å². The van der Waals surface area contributed by atoms with E-state index >= 15 is 0 Å². The van der Waals surface area contributed by atoms with Crippen LogP contribution in [0.15, 0.2) is 4.99 Å². The van der Waals surface area contributed by atoms with Crippen molar-refractivity contribution in [3.8, 4) is 0 Å². The number of carboxylic acids is 2. The van der Waals surface area contributed by atoms with Crippen LogP contribution in [0.5, 0.6) is 0 Å². The lowest BCUT2D eigenvalue weighted by atomic mass is 10.0. The van der Waals surface area contributed by atoms with Crippen LogP contribution in [0, 0.1) is 5.92 Å². The first-order valence-electron chi connectivity index (χ1n) is 11.5. The van der Waals surface area contributed by atoms with Gasteiger partial charge in [-0.2, -0.15) is 0 Å². The molecule has 0 aromatic heterocycles. The Kier molecular flexibility index (Phi) is 14.7. The molecule has 0 spiro atoms. The van der Waals surface area contributed by atoms with Gasteiger partial charge in [0.2, 0.25) is 17.7 Å². The Bertz CT molecular complexity index is 799. The molecule has 0 heterocycles. The molecular formula is C21H39N7O8. The Labute approximate surface area is 209 Å². The number of aliphatic carboxylic acids is 2. The molecule has 15 nitrogen and oxygen atoms in total. The molecule has 0 saturated carbocycles. The maximum absolute atomic E-state index is 13.0. The minimum Gasteiger partial charge on any atom is -0.481 e. The van der Waals surface area contributed by atoms with Crippen molar-refractivity contribution in [2.75, 3.05) is 6.54 Å². The molecule has 15 heteroatoms. The van der Waals surface area contributed by atoms with Crippen LogP contribution in [-0.4, -0.2) is 87.8 Å². The lowest BCUT2D eigenvalue weighted by molar-refractivity contribution is -0.144. The molecule has 206 valence electrons. The standard InChI is InChI=1S/C21H39N7O8/c1-10(2)9-12(22)17(32)26-13(5-4-8-25-21(23)24)18(33)28-16(11(3)29)19(34)27-14(20(35)36)6-7-15(30)31/h10-14,16,29H,4-9,22H2,1-3H3,(H,26,32)(H,27,34)(H,28,33)(H,30,31)(H,35,36)(H4,23,24,25). The molecule has 12 N–H and O–H groups in total. The zero-order valence-corrected chi connectivity index (χ0v) is 20.8. The number of aliphatic hydroxyl groups is 1. The maximum Gasteiger partial charge on any atom is 0.326 e. The summed E-state index contributed by atoms with van der Waals surface area (Å²) in [6.07, 6.45) is -1.69. The van der Waals surface area contributed by atoms with Gasteiger partial charge in [-0.05, 0) is 38.5 Å². The molecule has 0 aromatic rings. The van der Waals surface area contributed by atoms with Gasteiger partial charge in [0, 0.05) is 13.0 Å². The highest BCUT2D eigenvalue weighted by Crippen LogP contribution is 2.07. The van der Waals surface area contributed by atoms with E-state index in [2.05, 4.69) is 20.9 Å². The number of carboxylic acid groups (broad SMARTS) is 2. The van der Waals surface area contributed by atoms with Crippen molar-refractivity contribution in [2.24, 2.45) is 28.1 Å². The molecule has 0 rings (SSSR count). The van der Waals surface area contributed by atoms with Crippen LogP contribution in [0.4, 0.5) is 0 Å². The summed E-state index contributed by atoms with van der Waals surface area (Å²) in [7, 11) is 0. The molecule has 0 aromatic carbocycles. The lowest BCUT2D eigenvalue weighted by Gasteiger charge is -2.26. The van der Waals surface area contributed by atoms with Gasteiger partial charge >= 0.3 is 11.9 Å². The number of aliphatic imine (C=N–C) groups is 1. The second-order valence-corrected chi connectivity index (χ2v) is 8.80. The Morgan fingerprint density at radius 3 is 1.92 bits per heavy atom. The SMILES string of the molecule is CC(C)CC(N)C(=O)NC(CCCN=C(N)N)C(=O)NC(C(=O)NC(CCC(=O)O)C(=O)O)C(C)O. The number of nitrogens with zero attached hydrogens (tertiary/aromatic N) is 1. The Morgan fingerprint density at radius 2 is 1.44 bits per heavy atom. The van der Waals surface area contributed by atoms with Gasteiger partial charge in [-0.3, -0.25) is 24.2 Å². The van der Waals surface area contributed by atoms with Crippen LogP contribution in [-0.2, 0) is 24.0 Å². The van der Waals surface area contributed by atoms with Gasteiger partial charge in [0.25, 0.3) is 0 Å². The van der Waals surface area contributed by atoms with E-state index in [0.29, 0.717) is 6.42 Å². The number of hydrogen-bond donors (Lipinski definition) is 9. The van der Waals surface area contributed by atoms with E-state index in [9.17, 15) is 34.2 Å². The molecule has 0 aliphatic heterocycles. The van der Waals surface area contributed by atoms with Crippen molar-refractivity contribution < 1.29 is 39.3 Å². The van der Waals surface area contributed by atoms with Crippen molar-refractivity contribution in [3.63, 3.8) is 0 Å². The quantitative estimate of drug-likeness (QED) is 0.0539. The number of nitrogens with two attached hydrogens (primary N) is 3. The fraction of sp³-hybridized carbons (Fsp3) is 0.714. The van der Waals surface area contributed by atoms with Gasteiger partial charge in [-0.1, -0.05) is 13.8 Å². The van der Waals surface area contributed by atoms with Crippen LogP contribution < -0.4 is 33.2 Å². The van der Waals surface area contributed by atoms with E-state index < -0.39 is 72.8 Å². The molecule has 0 bridgehead atoms. The number of nitrogens with one attached hydrogen (secondary N) is 3. The molecule has 0 aliphatic rings. The zero-order chi connectivity index (χ0) is 28.0. The molecule has 5 atom stereocenters. The maximum atomic E-state index is 13.0. The number of aliphatic hydroxyl groups excluding tert-OH is 1. The third-order valence-corrected chi connectivity index (χ3v) is 4.96. The second kappa shape index (κ2) is 16.3. The zero-order valence-electron chi connectivity index (χ0n) is 20.8. The predicted molar refractivity (Wildman–Crippen MR) is 129 cm³/mol. The lowest BCUT2D eigenvalue weighted by Crippen LogP contribution is -2.59. The fourth-order valence-electron chi connectivity index (χ4n) is 3.11. The van der Waals surface area contributed by atoms with Gasteiger partial charge in [0.15, 0.2) is 5.96 Å². The summed E-state index contributed by atoms with van der Waals surface area (Å²) in [5.74, 6) is -5.24. The fourth-order valence-corrected chi connectivity index (χ4v) is 3.11. The average molecular weight is 518 g/mol. The minimum atomic E-state index is -1.59. The summed E-state index contributed by atoms with van der Waals surface area (Å²) < 4.78 is 0. The number of guanidine groups is 1. The van der Waals surface area contributed by atoms with Crippen molar-refractivity contribution in [1.29, 1.82) is 0 Å². The Balaban J connectivity index is 5.53. The number of hydrogen-bond acceptors (Lipinski definition) is 8. The van der Waals surface area contributed by atoms with Crippen molar-refractivity contribution in [1.82, 2.24) is 16.0 Å². The number of rotatable bonds is 17. The number of amides is 3. The third-order valence-electron chi connectivity index (χ3n) is 4.96. The van der Waals surface area contributed by atoms with E-state index in [1.54, 1.807) is 0 Å². The van der Waals surface area contributed by atoms with Gasteiger partial charge in [0.05, 0.1) is 12.1 Å². The normalized spacial score (nSPS) is 15.1. The number of carbonyl (C=O) groups excluding carboxylic acids is 3. The first-order chi connectivity index (χ1) is 16.6. The second-order valence-electron chi connectivity index (χ2n) is 8.80. The van der Waals surface area contributed by atoms with E-state index in [-0.39, 0.29) is 31.3 Å². The third kappa shape index (κ3) is 13.4. The monoisotopic (exact) mass is 517 g/mol. The molecule has 0 saturated heterocycles. The molecule has 0 aliphatic carbocycles. The molecular weight excluding hydrogens is 478 g/mol. The van der Waals surface area contributed by atoms with Gasteiger partial charge in [-0.15, -0.1) is 0 Å². The van der Waals surface area contributed by atoms with Crippen molar-refractivity contribution >= 4 is 35.6 Å². The van der Waals surface area contributed by atoms with Gasteiger partial charge in [-0.25, -0.2) is 4.79 Å². The van der Waals surface area contributed by atoms with Crippen LogP contribution in [0.2, 0.25) is 0 Å². The molecule has 5 unspecified atom stereocenters. The van der Waals surface area contributed by atoms with Crippen molar-refractivity contribution in [3.05, 3.63) is 0 Å². The Morgan fingerprint density at radius 1 is 0.861 bits per heavy atom. The Hall–Kier alpha value is -3.46. The van der Waals surface area contributed by atoms with Gasteiger partial charge < -0.3 is 48.5 Å². The predicted octanol–water partition coefficient (Wildman–Crippen LogP) is -2.80. The molecule has 3 amide bonds. The topological polar surface area (TPSA) is 273 Å². The van der Waals surface area contributed by atoms with E-state index in [4.69, 9.17) is 22.3 Å². The highest BCUT2D eigenvalue weighted by molar-refractivity contribution is 5.94. The highest BCUT2D eigenvalue weighted by Gasteiger charge is 2.32. The average Bonchev–Trinajstić information content (AvgIpc) is 2.75. The van der Waals surface area contributed by atoms with E-state index in [0.717, 1.165) is 0 Å². The summed E-state index contributed by atoms with van der Waals surface area (Å²) in [6.45, 7) is 5.10. The summed E-state index contributed by atoms with van der Waals surface area (Å²) in [5, 5.41) is 35.0.